The first-order chi connectivity index (χ1) is 12.5. The lowest BCUT2D eigenvalue weighted by Crippen LogP contribution is -2.38. The van der Waals surface area contributed by atoms with Crippen LogP contribution in [0.1, 0.15) is 23.0 Å². The number of nitrogens with two attached hydrogens (primary N) is 1. The molecule has 1 amide bonds. The number of halogens is 1. The summed E-state index contributed by atoms with van der Waals surface area (Å²) in [5.41, 5.74) is 7.73. The molecule has 142 valence electrons. The van der Waals surface area contributed by atoms with E-state index in [1.807, 2.05) is 42.5 Å². The van der Waals surface area contributed by atoms with Crippen LogP contribution in [0.3, 0.4) is 0 Å². The van der Waals surface area contributed by atoms with Crippen LogP contribution in [0, 0.1) is 13.8 Å². The van der Waals surface area contributed by atoms with Crippen molar-refractivity contribution in [1.82, 2.24) is 14.9 Å². The smallest absolute Gasteiger partial charge is 0.346 e. The number of aryl methyl sites for hydroxylation is 2. The fraction of sp³-hybridized carbons (Fsp3) is 0.250. The van der Waals surface area contributed by atoms with Crippen molar-refractivity contribution in [2.75, 3.05) is 6.54 Å². The minimum absolute atomic E-state index is 0. The van der Waals surface area contributed by atoms with E-state index in [9.17, 15) is 9.59 Å². The minimum atomic E-state index is -0.423. The van der Waals surface area contributed by atoms with Crippen molar-refractivity contribution in [2.24, 2.45) is 5.73 Å². The standard InChI is InChI=1S/C20H22N4O2.ClH/c1-13-9-14(2)24(20(26)22-13)12-19(25)23-18(11-21)17-8-7-15-5-3-4-6-16(15)10-17;/h3-10,18H,11-12,21H2,1-2H3,(H,23,25);1H. The number of fused-ring (bicyclic) bond motifs is 1. The van der Waals surface area contributed by atoms with Crippen molar-refractivity contribution in [1.29, 1.82) is 0 Å². The third kappa shape index (κ3) is 4.72. The van der Waals surface area contributed by atoms with Gasteiger partial charge in [-0.2, -0.15) is 4.98 Å². The Bertz CT molecular complexity index is 1020. The molecular formula is C20H23ClN4O2. The second-order valence-electron chi connectivity index (χ2n) is 6.37. The molecule has 1 atom stereocenters. The molecule has 0 aliphatic heterocycles. The number of carbonyl (C=O) groups is 1. The molecule has 3 aromatic rings. The number of amides is 1. The quantitative estimate of drug-likeness (QED) is 0.703. The van der Waals surface area contributed by atoms with Gasteiger partial charge in [0.2, 0.25) is 5.91 Å². The van der Waals surface area contributed by atoms with Crippen LogP contribution in [0.15, 0.2) is 53.3 Å². The zero-order valence-corrected chi connectivity index (χ0v) is 16.1. The average Bonchev–Trinajstić information content (AvgIpc) is 2.62. The van der Waals surface area contributed by atoms with Crippen LogP contribution >= 0.6 is 12.4 Å². The summed E-state index contributed by atoms with van der Waals surface area (Å²) < 4.78 is 1.36. The van der Waals surface area contributed by atoms with Crippen molar-refractivity contribution in [3.63, 3.8) is 0 Å². The number of hydrogen-bond acceptors (Lipinski definition) is 4. The third-order valence-corrected chi connectivity index (χ3v) is 4.39. The minimum Gasteiger partial charge on any atom is -0.346 e. The molecule has 0 bridgehead atoms. The highest BCUT2D eigenvalue weighted by Gasteiger charge is 2.15. The summed E-state index contributed by atoms with van der Waals surface area (Å²) >= 11 is 0. The van der Waals surface area contributed by atoms with Gasteiger partial charge in [0.1, 0.15) is 6.54 Å². The molecule has 0 radical (unpaired) electrons. The lowest BCUT2D eigenvalue weighted by atomic mass is 10.0. The first-order valence-corrected chi connectivity index (χ1v) is 8.51. The fourth-order valence-corrected chi connectivity index (χ4v) is 3.05. The van der Waals surface area contributed by atoms with Gasteiger partial charge in [-0.15, -0.1) is 12.4 Å². The molecule has 0 spiro atoms. The summed E-state index contributed by atoms with van der Waals surface area (Å²) in [4.78, 5) is 28.4. The molecule has 3 rings (SSSR count). The van der Waals surface area contributed by atoms with Crippen molar-refractivity contribution >= 4 is 29.1 Å². The number of hydrogen-bond donors (Lipinski definition) is 2. The number of rotatable bonds is 5. The van der Waals surface area contributed by atoms with E-state index in [0.29, 0.717) is 11.4 Å². The second kappa shape index (κ2) is 8.79. The Labute approximate surface area is 163 Å². The van der Waals surface area contributed by atoms with Gasteiger partial charge in [-0.3, -0.25) is 9.36 Å². The molecule has 1 aromatic heterocycles. The van der Waals surface area contributed by atoms with Crippen LogP contribution in [0.4, 0.5) is 0 Å². The first kappa shape index (κ1) is 20.6. The van der Waals surface area contributed by atoms with Crippen molar-refractivity contribution < 1.29 is 4.79 Å². The maximum Gasteiger partial charge on any atom is 0.348 e. The number of benzene rings is 2. The predicted octanol–water partition coefficient (Wildman–Crippen LogP) is 2.25. The Morgan fingerprint density at radius 1 is 1.15 bits per heavy atom. The van der Waals surface area contributed by atoms with Crippen molar-refractivity contribution in [3.05, 3.63) is 76.0 Å². The van der Waals surface area contributed by atoms with Crippen LogP contribution in [0.2, 0.25) is 0 Å². The van der Waals surface area contributed by atoms with Gasteiger partial charge in [0.15, 0.2) is 0 Å². The molecule has 0 aliphatic rings. The van der Waals surface area contributed by atoms with Crippen LogP contribution in [0.5, 0.6) is 0 Å². The van der Waals surface area contributed by atoms with Crippen LogP contribution in [0.25, 0.3) is 10.8 Å². The molecule has 0 saturated carbocycles. The molecule has 3 N–H and O–H groups in total. The second-order valence-corrected chi connectivity index (χ2v) is 6.37. The summed E-state index contributed by atoms with van der Waals surface area (Å²) in [6.07, 6.45) is 0. The SMILES string of the molecule is Cc1cc(C)n(CC(=O)NC(CN)c2ccc3ccccc3c2)c(=O)n1.Cl. The summed E-state index contributed by atoms with van der Waals surface area (Å²) in [5, 5.41) is 5.13. The Hall–Kier alpha value is -2.70. The highest BCUT2D eigenvalue weighted by molar-refractivity contribution is 5.85. The lowest BCUT2D eigenvalue weighted by Gasteiger charge is -2.19. The molecule has 0 fully saturated rings. The third-order valence-electron chi connectivity index (χ3n) is 4.39. The molecule has 0 saturated heterocycles. The summed E-state index contributed by atoms with van der Waals surface area (Å²) in [6, 6.07) is 15.5. The molecule has 1 heterocycles. The van der Waals surface area contributed by atoms with Crippen LogP contribution in [-0.2, 0) is 11.3 Å². The number of nitrogens with one attached hydrogen (secondary N) is 1. The normalized spacial score (nSPS) is 11.7. The van der Waals surface area contributed by atoms with Gasteiger partial charge >= 0.3 is 5.69 Å². The van der Waals surface area contributed by atoms with E-state index in [1.54, 1.807) is 19.9 Å². The van der Waals surface area contributed by atoms with Crippen molar-refractivity contribution in [2.45, 2.75) is 26.4 Å². The number of aromatic nitrogens is 2. The molecule has 1 unspecified atom stereocenters. The van der Waals surface area contributed by atoms with Gasteiger partial charge in [-0.25, -0.2) is 4.79 Å². The molecular weight excluding hydrogens is 364 g/mol. The predicted molar refractivity (Wildman–Crippen MR) is 109 cm³/mol. The van der Waals surface area contributed by atoms with Crippen molar-refractivity contribution in [3.8, 4) is 0 Å². The zero-order valence-electron chi connectivity index (χ0n) is 15.3. The zero-order chi connectivity index (χ0) is 18.7. The van der Waals surface area contributed by atoms with Gasteiger partial charge in [0, 0.05) is 17.9 Å². The van der Waals surface area contributed by atoms with E-state index in [2.05, 4.69) is 10.3 Å². The number of nitrogens with zero attached hydrogens (tertiary/aromatic N) is 2. The van der Waals surface area contributed by atoms with E-state index in [0.717, 1.165) is 16.3 Å². The summed E-state index contributed by atoms with van der Waals surface area (Å²) in [6.45, 7) is 3.72. The lowest BCUT2D eigenvalue weighted by molar-refractivity contribution is -0.122. The van der Waals surface area contributed by atoms with E-state index in [-0.39, 0.29) is 37.4 Å². The average molecular weight is 387 g/mol. The van der Waals surface area contributed by atoms with Gasteiger partial charge < -0.3 is 11.1 Å². The molecule has 27 heavy (non-hydrogen) atoms. The van der Waals surface area contributed by atoms with E-state index in [4.69, 9.17) is 5.73 Å². The summed E-state index contributed by atoms with van der Waals surface area (Å²) in [5.74, 6) is -0.274. The van der Waals surface area contributed by atoms with Crippen LogP contribution < -0.4 is 16.7 Å². The maximum atomic E-state index is 12.5. The Morgan fingerprint density at radius 3 is 2.52 bits per heavy atom. The Morgan fingerprint density at radius 2 is 1.85 bits per heavy atom. The van der Waals surface area contributed by atoms with Gasteiger partial charge in [0.05, 0.1) is 6.04 Å². The molecule has 7 heteroatoms. The van der Waals surface area contributed by atoms with Gasteiger partial charge in [0.25, 0.3) is 0 Å². The fourth-order valence-electron chi connectivity index (χ4n) is 3.05. The summed E-state index contributed by atoms with van der Waals surface area (Å²) in [7, 11) is 0. The highest BCUT2D eigenvalue weighted by Crippen LogP contribution is 2.20. The molecule has 2 aromatic carbocycles. The highest BCUT2D eigenvalue weighted by atomic mass is 35.5. The Kier molecular flexibility index (Phi) is 6.71. The topological polar surface area (TPSA) is 90.0 Å². The van der Waals surface area contributed by atoms with Crippen LogP contribution in [-0.4, -0.2) is 22.0 Å². The molecule has 6 nitrogen and oxygen atoms in total. The van der Waals surface area contributed by atoms with Gasteiger partial charge in [-0.1, -0.05) is 36.4 Å². The Balaban J connectivity index is 0.00000261. The monoisotopic (exact) mass is 386 g/mol. The largest absolute Gasteiger partial charge is 0.348 e. The van der Waals surface area contributed by atoms with Gasteiger partial charge in [-0.05, 0) is 42.3 Å². The van der Waals surface area contributed by atoms with E-state index < -0.39 is 5.69 Å². The first-order valence-electron chi connectivity index (χ1n) is 8.51. The maximum absolute atomic E-state index is 12.5. The molecule has 0 aliphatic carbocycles. The van der Waals surface area contributed by atoms with E-state index in [1.165, 1.54) is 4.57 Å². The number of carbonyl (C=O) groups excluding carboxylic acids is 1. The van der Waals surface area contributed by atoms with E-state index >= 15 is 0 Å².